The molecule has 0 aliphatic rings. The second kappa shape index (κ2) is 9.14. The summed E-state index contributed by atoms with van der Waals surface area (Å²) in [7, 11) is 0. The molecule has 0 unspecified atom stereocenters. The van der Waals surface area contributed by atoms with E-state index >= 15 is 0 Å². The van der Waals surface area contributed by atoms with Crippen LogP contribution in [0.1, 0.15) is 48.8 Å². The zero-order valence-electron chi connectivity index (χ0n) is 15.8. The van der Waals surface area contributed by atoms with Crippen LogP contribution in [-0.4, -0.2) is 33.9 Å². The van der Waals surface area contributed by atoms with Gasteiger partial charge in [0, 0.05) is 23.2 Å². The maximum Gasteiger partial charge on any atom is 0.322 e. The first-order chi connectivity index (χ1) is 12.8. The number of rotatable bonds is 6. The smallest absolute Gasteiger partial charge is 0.322 e. The number of nitrogens with zero attached hydrogens (tertiary/aromatic N) is 3. The Kier molecular flexibility index (Phi) is 6.91. The first-order valence-electron chi connectivity index (χ1n) is 8.63. The summed E-state index contributed by atoms with van der Waals surface area (Å²) < 4.78 is 0. The number of benzene rings is 1. The van der Waals surface area contributed by atoms with Gasteiger partial charge in [-0.05, 0) is 52.0 Å². The first kappa shape index (κ1) is 20.4. The number of amides is 3. The topological polar surface area (TPSA) is 98.1 Å². The molecular formula is C19H23N5O2S. The average molecular weight is 385 g/mol. The van der Waals surface area contributed by atoms with Crippen LogP contribution in [0.25, 0.3) is 0 Å². The largest absolute Gasteiger partial charge is 0.349 e. The monoisotopic (exact) mass is 385 g/mol. The van der Waals surface area contributed by atoms with Gasteiger partial charge in [0.2, 0.25) is 0 Å². The van der Waals surface area contributed by atoms with Crippen molar-refractivity contribution >= 4 is 29.0 Å². The van der Waals surface area contributed by atoms with E-state index in [4.69, 9.17) is 5.26 Å². The van der Waals surface area contributed by atoms with Gasteiger partial charge in [-0.2, -0.15) is 5.26 Å². The van der Waals surface area contributed by atoms with Crippen molar-refractivity contribution in [1.29, 1.82) is 5.26 Å². The lowest BCUT2D eigenvalue weighted by atomic mass is 10.2. The predicted octanol–water partition coefficient (Wildman–Crippen LogP) is 3.60. The Hall–Kier alpha value is -2.92. The molecule has 0 saturated carbocycles. The molecule has 0 saturated heterocycles. The van der Waals surface area contributed by atoms with Gasteiger partial charge < -0.3 is 15.5 Å². The Morgan fingerprint density at radius 2 is 1.89 bits per heavy atom. The highest BCUT2D eigenvalue weighted by atomic mass is 32.1. The standard InChI is InChI=1S/C19H23N5O2S/c1-12(2)21-18(25)16-11-27-17(23-16)10-24(13(3)4)19(26)22-15-7-5-14(9-20)6-8-15/h5-8,11-13H,10H2,1-4H3,(H,21,25)(H,22,26). The molecule has 142 valence electrons. The molecule has 2 aromatic rings. The second-order valence-electron chi connectivity index (χ2n) is 6.60. The fourth-order valence-electron chi connectivity index (χ4n) is 2.28. The molecule has 2 rings (SSSR count). The van der Waals surface area contributed by atoms with Crippen LogP contribution in [0.5, 0.6) is 0 Å². The third-order valence-corrected chi connectivity index (χ3v) is 4.49. The van der Waals surface area contributed by atoms with Gasteiger partial charge in [0.15, 0.2) is 0 Å². The van der Waals surface area contributed by atoms with E-state index in [1.807, 2.05) is 33.8 Å². The van der Waals surface area contributed by atoms with E-state index in [0.29, 0.717) is 28.5 Å². The number of thiazole rings is 1. The SMILES string of the molecule is CC(C)NC(=O)c1csc(CN(C(=O)Nc2ccc(C#N)cc2)C(C)C)n1. The van der Waals surface area contributed by atoms with E-state index in [2.05, 4.69) is 15.6 Å². The van der Waals surface area contributed by atoms with Crippen LogP contribution < -0.4 is 10.6 Å². The maximum absolute atomic E-state index is 12.6. The molecule has 0 bridgehead atoms. The summed E-state index contributed by atoms with van der Waals surface area (Å²) in [6.07, 6.45) is 0. The number of carbonyl (C=O) groups is 2. The minimum absolute atomic E-state index is 0.0352. The number of nitriles is 1. The number of hydrogen-bond acceptors (Lipinski definition) is 5. The number of urea groups is 1. The molecular weight excluding hydrogens is 362 g/mol. The summed E-state index contributed by atoms with van der Waals surface area (Å²) in [4.78, 5) is 30.7. The minimum atomic E-state index is -0.266. The quantitative estimate of drug-likeness (QED) is 0.794. The van der Waals surface area contributed by atoms with Gasteiger partial charge in [-0.15, -0.1) is 11.3 Å². The van der Waals surface area contributed by atoms with Crippen LogP contribution >= 0.6 is 11.3 Å². The fourth-order valence-corrected chi connectivity index (χ4v) is 3.05. The van der Waals surface area contributed by atoms with Gasteiger partial charge in [-0.3, -0.25) is 4.79 Å². The summed E-state index contributed by atoms with van der Waals surface area (Å²) in [5.41, 5.74) is 1.50. The Morgan fingerprint density at radius 1 is 1.22 bits per heavy atom. The van der Waals surface area contributed by atoms with Crippen molar-refractivity contribution in [1.82, 2.24) is 15.2 Å². The number of aromatic nitrogens is 1. The van der Waals surface area contributed by atoms with Crippen LogP contribution in [0, 0.1) is 11.3 Å². The molecule has 8 heteroatoms. The molecule has 27 heavy (non-hydrogen) atoms. The minimum Gasteiger partial charge on any atom is -0.349 e. The van der Waals surface area contributed by atoms with Gasteiger partial charge in [0.1, 0.15) is 10.7 Å². The van der Waals surface area contributed by atoms with Crippen molar-refractivity contribution in [2.45, 2.75) is 46.3 Å². The van der Waals surface area contributed by atoms with Crippen molar-refractivity contribution in [3.8, 4) is 6.07 Å². The third kappa shape index (κ3) is 5.79. The van der Waals surface area contributed by atoms with Crippen molar-refractivity contribution in [2.75, 3.05) is 5.32 Å². The number of anilines is 1. The van der Waals surface area contributed by atoms with Gasteiger partial charge in [-0.25, -0.2) is 9.78 Å². The van der Waals surface area contributed by atoms with Crippen molar-refractivity contribution in [3.05, 3.63) is 45.9 Å². The van der Waals surface area contributed by atoms with Crippen molar-refractivity contribution < 1.29 is 9.59 Å². The molecule has 7 nitrogen and oxygen atoms in total. The molecule has 1 aromatic carbocycles. The summed E-state index contributed by atoms with van der Waals surface area (Å²) in [6, 6.07) is 8.43. The Balaban J connectivity index is 2.06. The lowest BCUT2D eigenvalue weighted by Gasteiger charge is -2.26. The zero-order chi connectivity index (χ0) is 20.0. The van der Waals surface area contributed by atoms with Gasteiger partial charge in [0.05, 0.1) is 18.2 Å². The predicted molar refractivity (Wildman–Crippen MR) is 106 cm³/mol. The van der Waals surface area contributed by atoms with E-state index in [1.165, 1.54) is 11.3 Å². The van der Waals surface area contributed by atoms with Crippen molar-refractivity contribution in [2.24, 2.45) is 0 Å². The molecule has 0 atom stereocenters. The molecule has 1 heterocycles. The van der Waals surface area contributed by atoms with E-state index < -0.39 is 0 Å². The van der Waals surface area contributed by atoms with E-state index in [1.54, 1.807) is 34.5 Å². The highest BCUT2D eigenvalue weighted by Gasteiger charge is 2.20. The van der Waals surface area contributed by atoms with Crippen LogP contribution in [0.15, 0.2) is 29.6 Å². The third-order valence-electron chi connectivity index (χ3n) is 3.66. The highest BCUT2D eigenvalue weighted by molar-refractivity contribution is 7.09. The lowest BCUT2D eigenvalue weighted by molar-refractivity contribution is 0.0938. The van der Waals surface area contributed by atoms with Crippen molar-refractivity contribution in [3.63, 3.8) is 0 Å². The Labute approximate surface area is 163 Å². The molecule has 0 aliphatic heterocycles. The summed E-state index contributed by atoms with van der Waals surface area (Å²) >= 11 is 1.35. The Morgan fingerprint density at radius 3 is 2.44 bits per heavy atom. The van der Waals surface area contributed by atoms with Gasteiger partial charge in [0.25, 0.3) is 5.91 Å². The van der Waals surface area contributed by atoms with Crippen LogP contribution in [0.3, 0.4) is 0 Å². The van der Waals surface area contributed by atoms with E-state index in [0.717, 1.165) is 0 Å². The summed E-state index contributed by atoms with van der Waals surface area (Å²) in [5, 5.41) is 16.9. The Bertz CT molecular complexity index is 837. The number of carbonyl (C=O) groups excluding carboxylic acids is 2. The highest BCUT2D eigenvalue weighted by Crippen LogP contribution is 2.17. The van der Waals surface area contributed by atoms with E-state index in [9.17, 15) is 9.59 Å². The van der Waals surface area contributed by atoms with Crippen LogP contribution in [0.4, 0.5) is 10.5 Å². The molecule has 0 fully saturated rings. The number of nitrogens with one attached hydrogen (secondary N) is 2. The fraction of sp³-hybridized carbons (Fsp3) is 0.368. The molecule has 3 amide bonds. The number of hydrogen-bond donors (Lipinski definition) is 2. The molecule has 2 N–H and O–H groups in total. The van der Waals surface area contributed by atoms with Gasteiger partial charge in [-0.1, -0.05) is 0 Å². The van der Waals surface area contributed by atoms with Gasteiger partial charge >= 0.3 is 6.03 Å². The summed E-state index contributed by atoms with van der Waals surface area (Å²) in [6.45, 7) is 7.91. The van der Waals surface area contributed by atoms with Crippen LogP contribution in [0.2, 0.25) is 0 Å². The lowest BCUT2D eigenvalue weighted by Crippen LogP contribution is -2.39. The molecule has 0 spiro atoms. The molecule has 1 aromatic heterocycles. The first-order valence-corrected chi connectivity index (χ1v) is 9.51. The molecule has 0 aliphatic carbocycles. The summed E-state index contributed by atoms with van der Waals surface area (Å²) in [5.74, 6) is -0.217. The molecule has 0 radical (unpaired) electrons. The maximum atomic E-state index is 12.6. The van der Waals surface area contributed by atoms with Crippen LogP contribution in [-0.2, 0) is 6.54 Å². The normalized spacial score (nSPS) is 10.6. The zero-order valence-corrected chi connectivity index (χ0v) is 16.6. The second-order valence-corrected chi connectivity index (χ2v) is 7.54. The average Bonchev–Trinajstić information content (AvgIpc) is 3.08. The van der Waals surface area contributed by atoms with E-state index in [-0.39, 0.29) is 24.0 Å².